The predicted molar refractivity (Wildman–Crippen MR) is 123 cm³/mol. The zero-order valence-corrected chi connectivity index (χ0v) is 18.9. The van der Waals surface area contributed by atoms with Gasteiger partial charge in [0.15, 0.2) is 0 Å². The summed E-state index contributed by atoms with van der Waals surface area (Å²) >= 11 is 3.14. The first-order valence-electron chi connectivity index (χ1n) is 10.9. The molecule has 2 fully saturated rings. The number of furan rings is 1. The second-order valence-corrected chi connectivity index (χ2v) is 11.2. The van der Waals surface area contributed by atoms with Crippen LogP contribution in [0.25, 0.3) is 0 Å². The number of aromatic nitrogens is 1. The zero-order valence-electron chi connectivity index (χ0n) is 17.2. The molecule has 7 heteroatoms. The molecule has 1 aromatic carbocycles. The number of anilines is 1. The smallest absolute Gasteiger partial charge is 0.308 e. The minimum atomic E-state index is -0.170. The zero-order chi connectivity index (χ0) is 21.1. The minimum absolute atomic E-state index is 0.0436. The average Bonchev–Trinajstić information content (AvgIpc) is 3.54. The van der Waals surface area contributed by atoms with E-state index in [9.17, 15) is 9.59 Å². The van der Waals surface area contributed by atoms with Gasteiger partial charge in [0.2, 0.25) is 5.91 Å². The van der Waals surface area contributed by atoms with E-state index in [2.05, 4.69) is 5.32 Å². The van der Waals surface area contributed by atoms with Crippen LogP contribution in [0.5, 0.6) is 0 Å². The number of nitrogens with one attached hydrogen (secondary N) is 1. The summed E-state index contributed by atoms with van der Waals surface area (Å²) in [5, 5.41) is 4.41. The van der Waals surface area contributed by atoms with Crippen molar-refractivity contribution in [1.29, 1.82) is 0 Å². The number of aryl methyl sites for hydroxylation is 1. The molecule has 0 saturated heterocycles. The van der Waals surface area contributed by atoms with Crippen molar-refractivity contribution in [2.75, 3.05) is 5.32 Å². The maximum absolute atomic E-state index is 13.0. The van der Waals surface area contributed by atoms with Gasteiger partial charge in [0.1, 0.15) is 12.3 Å². The van der Waals surface area contributed by atoms with Gasteiger partial charge in [-0.2, -0.15) is 0 Å². The molecule has 3 aliphatic rings. The third kappa shape index (κ3) is 3.21. The van der Waals surface area contributed by atoms with Crippen molar-refractivity contribution in [2.24, 2.45) is 17.8 Å². The summed E-state index contributed by atoms with van der Waals surface area (Å²) in [5.74, 6) is 2.86. The van der Waals surface area contributed by atoms with Crippen LogP contribution in [0.15, 0.2) is 56.9 Å². The number of fused-ring (bicyclic) bond motifs is 6. The fourth-order valence-corrected chi connectivity index (χ4v) is 8.99. The van der Waals surface area contributed by atoms with Crippen molar-refractivity contribution >= 4 is 34.7 Å². The standard InChI is InChI=1S/C24H24N2O3S2/c1-13-4-8-16(9-5-13)25-18(27)12-26-23-22(31-24(26)28)20(17-3-2-10-29-17)19-14-6-7-15(11-14)21(19)30-23/h2-5,8-10,14-15,19-21H,6-7,11-12H2,1H3,(H,25,27). The fraction of sp³-hybridized carbons (Fsp3) is 0.417. The third-order valence-electron chi connectivity index (χ3n) is 7.18. The largest absolute Gasteiger partial charge is 0.469 e. The van der Waals surface area contributed by atoms with Crippen molar-refractivity contribution in [2.45, 2.75) is 48.9 Å². The van der Waals surface area contributed by atoms with Crippen molar-refractivity contribution in [3.05, 3.63) is 68.5 Å². The van der Waals surface area contributed by atoms with Crippen LogP contribution in [-0.4, -0.2) is 15.7 Å². The Morgan fingerprint density at radius 3 is 2.77 bits per heavy atom. The first-order valence-corrected chi connectivity index (χ1v) is 12.6. The van der Waals surface area contributed by atoms with Crippen LogP contribution in [0, 0.1) is 24.7 Å². The maximum Gasteiger partial charge on any atom is 0.308 e. The van der Waals surface area contributed by atoms with E-state index in [-0.39, 0.29) is 23.2 Å². The normalized spacial score (nSPS) is 28.4. The first kappa shape index (κ1) is 19.4. The number of carbonyl (C=O) groups is 1. The lowest BCUT2D eigenvalue weighted by Gasteiger charge is -2.39. The second-order valence-electron chi connectivity index (χ2n) is 9.02. The predicted octanol–water partition coefficient (Wildman–Crippen LogP) is 5.10. The first-order chi connectivity index (χ1) is 15.1. The molecular formula is C24H24N2O3S2. The summed E-state index contributed by atoms with van der Waals surface area (Å²) in [6.07, 6.45) is 5.58. The molecule has 5 nitrogen and oxygen atoms in total. The van der Waals surface area contributed by atoms with Gasteiger partial charge in [0.25, 0.3) is 0 Å². The van der Waals surface area contributed by atoms with Gasteiger partial charge in [-0.1, -0.05) is 29.0 Å². The van der Waals surface area contributed by atoms with Gasteiger partial charge in [-0.25, -0.2) is 0 Å². The number of hydrogen-bond donors (Lipinski definition) is 1. The number of hydrogen-bond acceptors (Lipinski definition) is 5. The Labute approximate surface area is 188 Å². The molecule has 1 amide bonds. The molecule has 0 radical (unpaired) electrons. The summed E-state index contributed by atoms with van der Waals surface area (Å²) < 4.78 is 7.56. The fourth-order valence-electron chi connectivity index (χ4n) is 5.85. The van der Waals surface area contributed by atoms with Gasteiger partial charge >= 0.3 is 4.87 Å². The topological polar surface area (TPSA) is 64.2 Å². The second kappa shape index (κ2) is 7.41. The van der Waals surface area contributed by atoms with Crippen LogP contribution >= 0.6 is 23.1 Å². The van der Waals surface area contributed by atoms with Gasteiger partial charge in [-0.3, -0.25) is 14.2 Å². The van der Waals surface area contributed by atoms with Gasteiger partial charge < -0.3 is 9.73 Å². The Balaban J connectivity index is 1.34. The Bertz CT molecular complexity index is 1180. The molecule has 3 aromatic rings. The molecule has 2 saturated carbocycles. The number of nitrogens with zero attached hydrogens (tertiary/aromatic N) is 1. The maximum atomic E-state index is 13.0. The molecule has 5 unspecified atom stereocenters. The Morgan fingerprint density at radius 2 is 2.00 bits per heavy atom. The molecule has 3 heterocycles. The van der Waals surface area contributed by atoms with Crippen LogP contribution in [0.2, 0.25) is 0 Å². The van der Waals surface area contributed by atoms with Crippen molar-refractivity contribution in [3.63, 3.8) is 0 Å². The summed E-state index contributed by atoms with van der Waals surface area (Å²) in [6, 6.07) is 11.7. The average molecular weight is 453 g/mol. The highest BCUT2D eigenvalue weighted by Crippen LogP contribution is 2.64. The highest BCUT2D eigenvalue weighted by atomic mass is 32.2. The lowest BCUT2D eigenvalue weighted by molar-refractivity contribution is -0.116. The molecule has 2 bridgehead atoms. The van der Waals surface area contributed by atoms with Crippen LogP contribution in [0.1, 0.15) is 41.4 Å². The number of benzene rings is 1. The monoisotopic (exact) mass is 452 g/mol. The van der Waals surface area contributed by atoms with E-state index in [1.54, 1.807) is 10.8 Å². The highest BCUT2D eigenvalue weighted by molar-refractivity contribution is 8.00. The van der Waals surface area contributed by atoms with E-state index >= 15 is 0 Å². The molecule has 31 heavy (non-hydrogen) atoms. The van der Waals surface area contributed by atoms with Gasteiger partial charge in [0.05, 0.1) is 22.1 Å². The van der Waals surface area contributed by atoms with E-state index in [1.807, 2.05) is 55.1 Å². The number of amides is 1. The molecule has 5 atom stereocenters. The van der Waals surface area contributed by atoms with E-state index in [4.69, 9.17) is 4.42 Å². The van der Waals surface area contributed by atoms with E-state index in [0.717, 1.165) is 26.9 Å². The Kier molecular flexibility index (Phi) is 4.65. The molecule has 1 N–H and O–H groups in total. The summed E-state index contributed by atoms with van der Waals surface area (Å²) in [6.45, 7) is 2.06. The van der Waals surface area contributed by atoms with E-state index in [1.165, 1.54) is 30.6 Å². The Hall–Kier alpha value is -2.25. The molecule has 1 aliphatic heterocycles. The van der Waals surface area contributed by atoms with E-state index < -0.39 is 0 Å². The lowest BCUT2D eigenvalue weighted by atomic mass is 9.77. The number of thiazole rings is 1. The van der Waals surface area contributed by atoms with Gasteiger partial charge in [-0.15, -0.1) is 11.8 Å². The third-order valence-corrected chi connectivity index (χ3v) is 10.0. The van der Waals surface area contributed by atoms with Gasteiger partial charge in [-0.05, 0) is 68.2 Å². The van der Waals surface area contributed by atoms with Crippen LogP contribution in [-0.2, 0) is 11.3 Å². The molecule has 0 spiro atoms. The molecule has 2 aliphatic carbocycles. The van der Waals surface area contributed by atoms with Crippen molar-refractivity contribution in [1.82, 2.24) is 4.57 Å². The number of carbonyl (C=O) groups excluding carboxylic acids is 1. The van der Waals surface area contributed by atoms with Crippen LogP contribution < -0.4 is 10.2 Å². The lowest BCUT2D eigenvalue weighted by Crippen LogP contribution is -2.34. The number of thioether (sulfide) groups is 1. The van der Waals surface area contributed by atoms with Crippen molar-refractivity contribution < 1.29 is 9.21 Å². The van der Waals surface area contributed by atoms with Crippen molar-refractivity contribution in [3.8, 4) is 0 Å². The van der Waals surface area contributed by atoms with Crippen LogP contribution in [0.4, 0.5) is 5.69 Å². The molecule has 6 rings (SSSR count). The summed E-state index contributed by atoms with van der Waals surface area (Å²) in [7, 11) is 0. The van der Waals surface area contributed by atoms with Crippen LogP contribution in [0.3, 0.4) is 0 Å². The summed E-state index contributed by atoms with van der Waals surface area (Å²) in [4.78, 5) is 26.8. The molecular weight excluding hydrogens is 428 g/mol. The Morgan fingerprint density at radius 1 is 1.19 bits per heavy atom. The number of rotatable bonds is 4. The quantitative estimate of drug-likeness (QED) is 0.598. The molecule has 2 aromatic heterocycles. The van der Waals surface area contributed by atoms with E-state index in [0.29, 0.717) is 23.0 Å². The highest BCUT2D eigenvalue weighted by Gasteiger charge is 2.55. The van der Waals surface area contributed by atoms with Gasteiger partial charge in [0, 0.05) is 10.9 Å². The SMILES string of the molecule is Cc1ccc(NC(=O)Cn2c3c(sc2=O)C(c2ccco2)C2C4CCC(C4)C2S3)cc1. The summed E-state index contributed by atoms with van der Waals surface area (Å²) in [5.41, 5.74) is 1.89. The molecule has 160 valence electrons. The minimum Gasteiger partial charge on any atom is -0.469 e.